The van der Waals surface area contributed by atoms with E-state index in [9.17, 15) is 13.2 Å². The Morgan fingerprint density at radius 3 is 2.58 bits per heavy atom. The summed E-state index contributed by atoms with van der Waals surface area (Å²) in [6.45, 7) is 8.66. The Morgan fingerprint density at radius 2 is 1.95 bits per heavy atom. The van der Waals surface area contributed by atoms with Crippen LogP contribution in [0.15, 0.2) is 35.5 Å². The second kappa shape index (κ2) is 9.60. The van der Waals surface area contributed by atoms with Gasteiger partial charge in [0.1, 0.15) is 16.8 Å². The summed E-state index contributed by atoms with van der Waals surface area (Å²) < 4.78 is 37.7. The lowest BCUT2D eigenvalue weighted by Gasteiger charge is -2.34. The van der Waals surface area contributed by atoms with Gasteiger partial charge in [0.15, 0.2) is 5.82 Å². The molecule has 6 rings (SSSR count). The van der Waals surface area contributed by atoms with Crippen LogP contribution in [-0.4, -0.2) is 57.1 Å². The van der Waals surface area contributed by atoms with Gasteiger partial charge < -0.3 is 9.64 Å². The van der Waals surface area contributed by atoms with Crippen molar-refractivity contribution < 1.29 is 17.9 Å². The van der Waals surface area contributed by atoms with Crippen LogP contribution in [0.4, 0.5) is 5.82 Å². The maximum atomic E-state index is 13.5. The predicted molar refractivity (Wildman–Crippen MR) is 149 cm³/mol. The standard InChI is InChI=1S/C28H37N7O4S/c1-17-14-28(3,4)34(15-17)26-21(27(36)32-40(37,38)23-16-33(5)30-18(23)2)8-9-24(29-26)35-11-10-25(31-35)39-22-13-19-6-7-20(22)12-19/h8-11,16-17,19-20,22H,6-7,12-15H2,1-5H3,(H,32,36)/t17-,19-,20+,22-/m0/s1. The zero-order valence-electron chi connectivity index (χ0n) is 23.7. The Hall–Kier alpha value is -3.41. The number of hydrogen-bond donors (Lipinski definition) is 1. The molecule has 2 aliphatic carbocycles. The van der Waals surface area contributed by atoms with E-state index in [0.717, 1.165) is 18.8 Å². The highest BCUT2D eigenvalue weighted by Crippen LogP contribution is 2.46. The van der Waals surface area contributed by atoms with Crippen LogP contribution in [0.5, 0.6) is 5.88 Å². The van der Waals surface area contributed by atoms with Crippen LogP contribution in [0, 0.1) is 24.7 Å². The molecule has 1 N–H and O–H groups in total. The first-order valence-electron chi connectivity index (χ1n) is 14.0. The lowest BCUT2D eigenvalue weighted by Crippen LogP contribution is -2.41. The molecule has 12 heteroatoms. The van der Waals surface area contributed by atoms with Crippen molar-refractivity contribution in [1.82, 2.24) is 29.3 Å². The SMILES string of the molecule is Cc1nn(C)cc1S(=O)(=O)NC(=O)c1ccc(-n2ccc(O[C@H]3C[C@H]4CC[C@@H]3C4)n2)nc1N1C[C@@H](C)CC1(C)C. The van der Waals surface area contributed by atoms with E-state index < -0.39 is 15.9 Å². The zero-order valence-corrected chi connectivity index (χ0v) is 24.5. The predicted octanol–water partition coefficient (Wildman–Crippen LogP) is 3.62. The van der Waals surface area contributed by atoms with Crippen molar-refractivity contribution in [3.05, 3.63) is 41.9 Å². The van der Waals surface area contributed by atoms with Gasteiger partial charge in [-0.05, 0) is 82.8 Å². The number of aromatic nitrogens is 5. The third kappa shape index (κ3) is 4.86. The van der Waals surface area contributed by atoms with E-state index in [1.54, 1.807) is 30.8 Å². The van der Waals surface area contributed by atoms with E-state index in [1.165, 1.54) is 30.1 Å². The number of pyridine rings is 1. The fraction of sp³-hybridized carbons (Fsp3) is 0.571. The summed E-state index contributed by atoms with van der Waals surface area (Å²) in [5, 5.41) is 8.74. The van der Waals surface area contributed by atoms with E-state index in [0.29, 0.717) is 41.6 Å². The maximum Gasteiger partial charge on any atom is 0.268 e. The highest BCUT2D eigenvalue weighted by Gasteiger charge is 2.42. The maximum absolute atomic E-state index is 13.5. The van der Waals surface area contributed by atoms with Crippen LogP contribution in [0.25, 0.3) is 5.82 Å². The number of carbonyl (C=O) groups excluding carboxylic acids is 1. The van der Waals surface area contributed by atoms with Crippen molar-refractivity contribution in [3.8, 4) is 11.7 Å². The van der Waals surface area contributed by atoms with Crippen molar-refractivity contribution in [3.63, 3.8) is 0 Å². The average Bonchev–Trinajstić information content (AvgIpc) is 3.69. The largest absolute Gasteiger partial charge is 0.473 e. The minimum Gasteiger partial charge on any atom is -0.473 e. The molecule has 2 saturated carbocycles. The highest BCUT2D eigenvalue weighted by molar-refractivity contribution is 7.90. The Bertz CT molecular complexity index is 1560. The van der Waals surface area contributed by atoms with Crippen LogP contribution in [0.2, 0.25) is 0 Å². The van der Waals surface area contributed by atoms with Gasteiger partial charge >= 0.3 is 0 Å². The monoisotopic (exact) mass is 567 g/mol. The first-order valence-corrected chi connectivity index (χ1v) is 15.5. The molecule has 0 aromatic carbocycles. The lowest BCUT2D eigenvalue weighted by atomic mass is 9.97. The van der Waals surface area contributed by atoms with E-state index in [4.69, 9.17) is 9.72 Å². The quantitative estimate of drug-likeness (QED) is 0.459. The van der Waals surface area contributed by atoms with Crippen molar-refractivity contribution >= 4 is 21.7 Å². The molecule has 4 heterocycles. The Labute approximate surface area is 235 Å². The topological polar surface area (TPSA) is 124 Å². The molecule has 40 heavy (non-hydrogen) atoms. The molecular formula is C28H37N7O4S. The van der Waals surface area contributed by atoms with Gasteiger partial charge in [-0.1, -0.05) is 6.92 Å². The molecule has 0 unspecified atom stereocenters. The molecular weight excluding hydrogens is 530 g/mol. The Morgan fingerprint density at radius 1 is 1.15 bits per heavy atom. The Balaban J connectivity index is 1.31. The number of anilines is 1. The van der Waals surface area contributed by atoms with Gasteiger partial charge in [-0.3, -0.25) is 9.48 Å². The second-order valence-corrected chi connectivity index (χ2v) is 14.0. The number of aryl methyl sites for hydroxylation is 2. The van der Waals surface area contributed by atoms with E-state index in [2.05, 4.69) is 40.6 Å². The normalized spacial score (nSPS) is 25.5. The molecule has 3 fully saturated rings. The van der Waals surface area contributed by atoms with Gasteiger partial charge in [0.2, 0.25) is 5.88 Å². The molecule has 3 aromatic heterocycles. The van der Waals surface area contributed by atoms with Crippen molar-refractivity contribution in [2.75, 3.05) is 11.4 Å². The number of nitrogens with zero attached hydrogens (tertiary/aromatic N) is 6. The molecule has 0 spiro atoms. The molecule has 214 valence electrons. The van der Waals surface area contributed by atoms with Crippen LogP contribution < -0.4 is 14.4 Å². The summed E-state index contributed by atoms with van der Waals surface area (Å²) in [7, 11) is -2.50. The zero-order chi connectivity index (χ0) is 28.4. The minimum atomic E-state index is -4.13. The van der Waals surface area contributed by atoms with Gasteiger partial charge in [-0.15, -0.1) is 5.10 Å². The number of ether oxygens (including phenoxy) is 1. The van der Waals surface area contributed by atoms with Crippen LogP contribution in [-0.2, 0) is 17.1 Å². The number of sulfonamides is 1. The van der Waals surface area contributed by atoms with Crippen LogP contribution in [0.3, 0.4) is 0 Å². The smallest absolute Gasteiger partial charge is 0.268 e. The summed E-state index contributed by atoms with van der Waals surface area (Å²) in [4.78, 5) is 20.4. The van der Waals surface area contributed by atoms with Crippen molar-refractivity contribution in [1.29, 1.82) is 0 Å². The van der Waals surface area contributed by atoms with Gasteiger partial charge in [-0.25, -0.2) is 22.8 Å². The van der Waals surface area contributed by atoms with Crippen LogP contribution in [0.1, 0.15) is 68.9 Å². The summed E-state index contributed by atoms with van der Waals surface area (Å²) in [5.74, 6) is 2.54. The molecule has 0 radical (unpaired) electrons. The number of hydrogen-bond acceptors (Lipinski definition) is 8. The molecule has 3 aromatic rings. The molecule has 11 nitrogen and oxygen atoms in total. The second-order valence-electron chi connectivity index (χ2n) is 12.4. The van der Waals surface area contributed by atoms with Gasteiger partial charge in [0.05, 0.1) is 11.3 Å². The molecule has 1 aliphatic heterocycles. The molecule has 1 amide bonds. The van der Waals surface area contributed by atoms with Crippen molar-refractivity contribution in [2.24, 2.45) is 24.8 Å². The van der Waals surface area contributed by atoms with E-state index >= 15 is 0 Å². The summed E-state index contributed by atoms with van der Waals surface area (Å²) >= 11 is 0. The first-order chi connectivity index (χ1) is 18.9. The average molecular weight is 568 g/mol. The number of rotatable bonds is 7. The number of carbonyl (C=O) groups is 1. The van der Waals surface area contributed by atoms with Gasteiger partial charge in [-0.2, -0.15) is 5.10 Å². The van der Waals surface area contributed by atoms with Crippen LogP contribution >= 0.6 is 0 Å². The third-order valence-corrected chi connectivity index (χ3v) is 10.1. The van der Waals surface area contributed by atoms with Gasteiger partial charge in [0, 0.05) is 37.6 Å². The summed E-state index contributed by atoms with van der Waals surface area (Å²) in [6.07, 6.45) is 9.19. The molecule has 4 atom stereocenters. The minimum absolute atomic E-state index is 0.0378. The fourth-order valence-electron chi connectivity index (χ4n) is 6.97. The molecule has 2 bridgehead atoms. The first kappa shape index (κ1) is 26.8. The van der Waals surface area contributed by atoms with E-state index in [1.807, 2.05) is 12.3 Å². The number of fused-ring (bicyclic) bond motifs is 2. The summed E-state index contributed by atoms with van der Waals surface area (Å²) in [5.41, 5.74) is 0.216. The lowest BCUT2D eigenvalue weighted by molar-refractivity contribution is 0.0981. The fourth-order valence-corrected chi connectivity index (χ4v) is 8.15. The summed E-state index contributed by atoms with van der Waals surface area (Å²) in [6, 6.07) is 5.15. The molecule has 3 aliphatic rings. The Kier molecular flexibility index (Phi) is 6.43. The van der Waals surface area contributed by atoms with E-state index in [-0.39, 0.29) is 22.1 Å². The molecule has 1 saturated heterocycles. The third-order valence-electron chi connectivity index (χ3n) is 8.66. The number of amides is 1. The number of nitrogens with one attached hydrogen (secondary N) is 1. The van der Waals surface area contributed by atoms with Gasteiger partial charge in [0.25, 0.3) is 15.9 Å². The highest BCUT2D eigenvalue weighted by atomic mass is 32.2. The van der Waals surface area contributed by atoms with Crippen molar-refractivity contribution in [2.45, 2.75) is 76.3 Å².